The minimum atomic E-state index is -0.488. The molecule has 0 spiro atoms. The Morgan fingerprint density at radius 2 is 1.74 bits per heavy atom. The fourth-order valence-electron chi connectivity index (χ4n) is 2.72. The van der Waals surface area contributed by atoms with Crippen molar-refractivity contribution in [3.8, 4) is 29.1 Å². The van der Waals surface area contributed by atoms with E-state index >= 15 is 0 Å². The van der Waals surface area contributed by atoms with Crippen LogP contribution in [0.4, 0.5) is 0 Å². The minimum absolute atomic E-state index is 0.0761. The molecule has 6 nitrogen and oxygen atoms in total. The third kappa shape index (κ3) is 6.38. The highest BCUT2D eigenvalue weighted by atomic mass is 16.5. The Morgan fingerprint density at radius 3 is 2.52 bits per heavy atom. The predicted octanol–water partition coefficient (Wildman–Crippen LogP) is 5.15. The number of ether oxygens (including phenoxy) is 4. The standard InChI is InChI=1S/C25H21NO5/c1-28-24-17-19(11-13-23(24)29-16-15-26)12-14-25(27)30-18-20-7-5-6-10-22(20)31-21-8-3-2-4-9-21/h2-14,17H,16,18H2,1H3/b14-12+. The highest BCUT2D eigenvalue weighted by Gasteiger charge is 2.08. The van der Waals surface area contributed by atoms with Gasteiger partial charge in [-0.1, -0.05) is 42.5 Å². The van der Waals surface area contributed by atoms with Gasteiger partial charge in [0.2, 0.25) is 0 Å². The smallest absolute Gasteiger partial charge is 0.331 e. The van der Waals surface area contributed by atoms with E-state index in [1.165, 1.54) is 13.2 Å². The zero-order chi connectivity index (χ0) is 21.9. The van der Waals surface area contributed by atoms with E-state index in [0.29, 0.717) is 23.0 Å². The molecule has 31 heavy (non-hydrogen) atoms. The van der Waals surface area contributed by atoms with Crippen molar-refractivity contribution in [3.63, 3.8) is 0 Å². The lowest BCUT2D eigenvalue weighted by Crippen LogP contribution is -2.02. The van der Waals surface area contributed by atoms with Crippen LogP contribution in [-0.4, -0.2) is 19.7 Å². The molecule has 3 aromatic carbocycles. The summed E-state index contributed by atoms with van der Waals surface area (Å²) in [7, 11) is 1.51. The Bertz CT molecular complexity index is 1090. The van der Waals surface area contributed by atoms with Gasteiger partial charge in [0.25, 0.3) is 0 Å². The van der Waals surface area contributed by atoms with Crippen molar-refractivity contribution < 1.29 is 23.7 Å². The van der Waals surface area contributed by atoms with Crippen LogP contribution in [0.25, 0.3) is 6.08 Å². The summed E-state index contributed by atoms with van der Waals surface area (Å²) < 4.78 is 21.8. The first-order valence-electron chi connectivity index (χ1n) is 9.53. The molecule has 0 aliphatic rings. The number of methoxy groups -OCH3 is 1. The molecule has 0 N–H and O–H groups in total. The van der Waals surface area contributed by atoms with E-state index in [2.05, 4.69) is 0 Å². The van der Waals surface area contributed by atoms with Crippen molar-refractivity contribution >= 4 is 12.0 Å². The van der Waals surface area contributed by atoms with E-state index in [0.717, 1.165) is 11.1 Å². The van der Waals surface area contributed by atoms with Gasteiger partial charge in [-0.25, -0.2) is 4.79 Å². The maximum Gasteiger partial charge on any atom is 0.331 e. The molecule has 0 heterocycles. The van der Waals surface area contributed by atoms with Crippen molar-refractivity contribution in [2.45, 2.75) is 6.61 Å². The Kier molecular flexibility index (Phi) is 7.67. The fourth-order valence-corrected chi connectivity index (χ4v) is 2.72. The third-order valence-electron chi connectivity index (χ3n) is 4.21. The summed E-state index contributed by atoms with van der Waals surface area (Å²) in [5.74, 6) is 1.77. The zero-order valence-electron chi connectivity index (χ0n) is 17.0. The highest BCUT2D eigenvalue weighted by molar-refractivity contribution is 5.87. The zero-order valence-corrected chi connectivity index (χ0v) is 17.0. The van der Waals surface area contributed by atoms with Gasteiger partial charge in [-0.3, -0.25) is 0 Å². The Labute approximate surface area is 180 Å². The Morgan fingerprint density at radius 1 is 0.968 bits per heavy atom. The number of carbonyl (C=O) groups excluding carboxylic acids is 1. The van der Waals surface area contributed by atoms with Crippen molar-refractivity contribution in [1.82, 2.24) is 0 Å². The quantitative estimate of drug-likeness (QED) is 0.355. The average molecular weight is 415 g/mol. The lowest BCUT2D eigenvalue weighted by molar-refractivity contribution is -0.138. The van der Waals surface area contributed by atoms with E-state index in [1.807, 2.05) is 60.7 Å². The van der Waals surface area contributed by atoms with Crippen LogP contribution < -0.4 is 14.2 Å². The molecule has 0 unspecified atom stereocenters. The van der Waals surface area contributed by atoms with E-state index in [9.17, 15) is 4.79 Å². The molecule has 0 amide bonds. The Balaban J connectivity index is 1.61. The molecule has 0 fully saturated rings. The average Bonchev–Trinajstić information content (AvgIpc) is 2.81. The van der Waals surface area contributed by atoms with Gasteiger partial charge in [-0.15, -0.1) is 0 Å². The van der Waals surface area contributed by atoms with Crippen LogP contribution in [0.3, 0.4) is 0 Å². The molecule has 0 saturated heterocycles. The van der Waals surface area contributed by atoms with Crippen LogP contribution in [0.5, 0.6) is 23.0 Å². The number of esters is 1. The summed E-state index contributed by atoms with van der Waals surface area (Å²) in [4.78, 5) is 12.2. The van der Waals surface area contributed by atoms with Crippen molar-refractivity contribution in [2.24, 2.45) is 0 Å². The molecule has 0 aliphatic heterocycles. The summed E-state index contributed by atoms with van der Waals surface area (Å²) in [5.41, 5.74) is 1.49. The molecule has 0 radical (unpaired) electrons. The molecule has 0 aromatic heterocycles. The van der Waals surface area contributed by atoms with E-state index in [1.54, 1.807) is 24.3 Å². The van der Waals surface area contributed by atoms with Crippen LogP contribution in [0.2, 0.25) is 0 Å². The first kappa shape index (κ1) is 21.5. The molecule has 0 bridgehead atoms. The number of para-hydroxylation sites is 2. The molecule has 6 heteroatoms. The summed E-state index contributed by atoms with van der Waals surface area (Å²) in [6.45, 7) is 0.00374. The van der Waals surface area contributed by atoms with Crippen LogP contribution >= 0.6 is 0 Å². The second-order valence-corrected chi connectivity index (χ2v) is 6.32. The SMILES string of the molecule is COc1cc(/C=C/C(=O)OCc2ccccc2Oc2ccccc2)ccc1OCC#N. The number of hydrogen-bond donors (Lipinski definition) is 0. The van der Waals surface area contributed by atoms with Gasteiger partial charge in [0.1, 0.15) is 24.2 Å². The number of rotatable bonds is 9. The van der Waals surface area contributed by atoms with Gasteiger partial charge < -0.3 is 18.9 Å². The van der Waals surface area contributed by atoms with Gasteiger partial charge in [0, 0.05) is 11.6 Å². The summed E-state index contributed by atoms with van der Waals surface area (Å²) >= 11 is 0. The first-order valence-corrected chi connectivity index (χ1v) is 9.53. The van der Waals surface area contributed by atoms with Gasteiger partial charge in [0.15, 0.2) is 18.1 Å². The van der Waals surface area contributed by atoms with Crippen LogP contribution in [0.15, 0.2) is 78.9 Å². The molecule has 156 valence electrons. The van der Waals surface area contributed by atoms with Crippen LogP contribution in [-0.2, 0) is 16.1 Å². The number of benzene rings is 3. The topological polar surface area (TPSA) is 77.8 Å². The van der Waals surface area contributed by atoms with Gasteiger partial charge in [-0.05, 0) is 42.0 Å². The van der Waals surface area contributed by atoms with Crippen LogP contribution in [0, 0.1) is 11.3 Å². The molecule has 0 saturated carbocycles. The summed E-state index contributed by atoms with van der Waals surface area (Å²) in [6.07, 6.45) is 2.95. The number of nitrogens with zero attached hydrogens (tertiary/aromatic N) is 1. The monoisotopic (exact) mass is 415 g/mol. The van der Waals surface area contributed by atoms with E-state index in [-0.39, 0.29) is 13.2 Å². The number of carbonyl (C=O) groups is 1. The summed E-state index contributed by atoms with van der Waals surface area (Å²) in [5, 5.41) is 8.63. The lowest BCUT2D eigenvalue weighted by atomic mass is 10.2. The largest absolute Gasteiger partial charge is 0.493 e. The van der Waals surface area contributed by atoms with Crippen molar-refractivity contribution in [1.29, 1.82) is 5.26 Å². The van der Waals surface area contributed by atoms with E-state index < -0.39 is 5.97 Å². The Hall–Kier alpha value is -4.24. The van der Waals surface area contributed by atoms with Crippen molar-refractivity contribution in [2.75, 3.05) is 13.7 Å². The third-order valence-corrected chi connectivity index (χ3v) is 4.21. The van der Waals surface area contributed by atoms with Crippen LogP contribution in [0.1, 0.15) is 11.1 Å². The van der Waals surface area contributed by atoms with Gasteiger partial charge >= 0.3 is 5.97 Å². The molecular weight excluding hydrogens is 394 g/mol. The maximum absolute atomic E-state index is 12.2. The number of nitriles is 1. The molecule has 0 aliphatic carbocycles. The highest BCUT2D eigenvalue weighted by Crippen LogP contribution is 2.29. The minimum Gasteiger partial charge on any atom is -0.493 e. The summed E-state index contributed by atoms with van der Waals surface area (Å²) in [6, 6.07) is 23.8. The molecule has 0 atom stereocenters. The maximum atomic E-state index is 12.2. The predicted molar refractivity (Wildman–Crippen MR) is 116 cm³/mol. The van der Waals surface area contributed by atoms with Gasteiger partial charge in [-0.2, -0.15) is 5.26 Å². The van der Waals surface area contributed by atoms with Gasteiger partial charge in [0.05, 0.1) is 7.11 Å². The van der Waals surface area contributed by atoms with E-state index in [4.69, 9.17) is 24.2 Å². The molecular formula is C25H21NO5. The number of hydrogen-bond acceptors (Lipinski definition) is 6. The fraction of sp³-hybridized carbons (Fsp3) is 0.120. The first-order chi connectivity index (χ1) is 15.2. The normalized spacial score (nSPS) is 10.3. The molecule has 3 rings (SSSR count). The second-order valence-electron chi connectivity index (χ2n) is 6.32. The molecule has 3 aromatic rings. The van der Waals surface area contributed by atoms with Crippen molar-refractivity contribution in [3.05, 3.63) is 90.0 Å². The lowest BCUT2D eigenvalue weighted by Gasteiger charge is -2.11. The second kappa shape index (κ2) is 11.1.